The van der Waals surface area contributed by atoms with Crippen LogP contribution in [-0.2, 0) is 12.4 Å². The highest BCUT2D eigenvalue weighted by molar-refractivity contribution is 9.08. The lowest BCUT2D eigenvalue weighted by Crippen LogP contribution is -2.14. The van der Waals surface area contributed by atoms with Gasteiger partial charge in [-0.25, -0.2) is 0 Å². The minimum atomic E-state index is 0.0388. The molecule has 0 aromatic carbocycles. The zero-order valence-corrected chi connectivity index (χ0v) is 7.26. The predicted molar refractivity (Wildman–Crippen MR) is 44.3 cm³/mol. The van der Waals surface area contributed by atoms with E-state index in [9.17, 15) is 4.79 Å². The van der Waals surface area contributed by atoms with Crippen molar-refractivity contribution < 1.29 is 0 Å². The van der Waals surface area contributed by atoms with E-state index in [4.69, 9.17) is 0 Å². The molecule has 0 spiro atoms. The quantitative estimate of drug-likeness (QED) is 0.628. The second-order valence-electron chi connectivity index (χ2n) is 2.12. The monoisotopic (exact) mass is 201 g/mol. The van der Waals surface area contributed by atoms with Gasteiger partial charge in [0.25, 0.3) is 5.56 Å². The Hall–Kier alpha value is -0.570. The minimum absolute atomic E-state index is 0.0388. The Kier molecular flexibility index (Phi) is 2.27. The Bertz CT molecular complexity index is 279. The van der Waals surface area contributed by atoms with Crippen molar-refractivity contribution in [3.8, 4) is 0 Å². The molecule has 0 bridgehead atoms. The van der Waals surface area contributed by atoms with Crippen molar-refractivity contribution >= 4 is 15.9 Å². The maximum atomic E-state index is 10.9. The highest BCUT2D eigenvalue weighted by Crippen LogP contribution is 1.99. The molecule has 0 saturated heterocycles. The van der Waals surface area contributed by atoms with Crippen LogP contribution in [0.2, 0.25) is 0 Å². The Morgan fingerprint density at radius 2 is 2.40 bits per heavy atom. The van der Waals surface area contributed by atoms with Gasteiger partial charge in [-0.15, -0.1) is 0 Å². The number of hydrogen-bond donors (Lipinski definition) is 0. The largest absolute Gasteiger partial charge is 0.319 e. The van der Waals surface area contributed by atoms with Gasteiger partial charge in [0.15, 0.2) is 0 Å². The van der Waals surface area contributed by atoms with E-state index in [1.807, 2.05) is 6.07 Å². The third kappa shape index (κ3) is 1.48. The zero-order chi connectivity index (χ0) is 7.56. The molecule has 0 amide bonds. The summed E-state index contributed by atoms with van der Waals surface area (Å²) >= 11 is 3.27. The lowest BCUT2D eigenvalue weighted by Gasteiger charge is -1.96. The maximum Gasteiger partial charge on any atom is 0.250 e. The minimum Gasteiger partial charge on any atom is -0.319 e. The molecule has 0 atom stereocenters. The van der Waals surface area contributed by atoms with Gasteiger partial charge in [-0.05, 0) is 11.6 Å². The van der Waals surface area contributed by atoms with Crippen molar-refractivity contribution in [3.63, 3.8) is 0 Å². The summed E-state index contributed by atoms with van der Waals surface area (Å²) in [7, 11) is 1.74. The fourth-order valence-corrected chi connectivity index (χ4v) is 1.02. The molecule has 1 rings (SSSR count). The first-order valence-corrected chi connectivity index (χ1v) is 4.07. The molecule has 1 aromatic heterocycles. The first kappa shape index (κ1) is 7.54. The van der Waals surface area contributed by atoms with Crippen LogP contribution in [-0.4, -0.2) is 4.57 Å². The van der Waals surface area contributed by atoms with Crippen molar-refractivity contribution in [3.05, 3.63) is 34.2 Å². The molecular weight excluding hydrogens is 194 g/mol. The van der Waals surface area contributed by atoms with Gasteiger partial charge in [-0.3, -0.25) is 4.79 Å². The summed E-state index contributed by atoms with van der Waals surface area (Å²) in [4.78, 5) is 10.9. The number of halogens is 1. The molecule has 1 heterocycles. The average Bonchev–Trinajstić information content (AvgIpc) is 1.95. The first-order valence-electron chi connectivity index (χ1n) is 2.95. The van der Waals surface area contributed by atoms with Crippen molar-refractivity contribution in [1.82, 2.24) is 4.57 Å². The van der Waals surface area contributed by atoms with E-state index in [1.165, 1.54) is 0 Å². The molecule has 2 nitrogen and oxygen atoms in total. The molecule has 10 heavy (non-hydrogen) atoms. The average molecular weight is 202 g/mol. The highest BCUT2D eigenvalue weighted by atomic mass is 79.9. The van der Waals surface area contributed by atoms with Gasteiger partial charge in [-0.2, -0.15) is 0 Å². The number of aromatic nitrogens is 1. The van der Waals surface area contributed by atoms with Crippen molar-refractivity contribution in [1.29, 1.82) is 0 Å². The van der Waals surface area contributed by atoms with Gasteiger partial charge in [-0.1, -0.05) is 15.9 Å². The Balaban J connectivity index is 3.17. The smallest absolute Gasteiger partial charge is 0.250 e. The Morgan fingerprint density at radius 3 is 2.90 bits per heavy atom. The molecule has 54 valence electrons. The van der Waals surface area contributed by atoms with Gasteiger partial charge in [0.05, 0.1) is 0 Å². The normalized spacial score (nSPS) is 9.80. The molecular formula is C7H8BrNO. The van der Waals surface area contributed by atoms with Crippen LogP contribution in [0.4, 0.5) is 0 Å². The molecule has 0 aliphatic rings. The number of aryl methyl sites for hydroxylation is 1. The number of nitrogens with zero attached hydrogens (tertiary/aromatic N) is 1. The fraction of sp³-hybridized carbons (Fsp3) is 0.286. The predicted octanol–water partition coefficient (Wildman–Crippen LogP) is 1.28. The van der Waals surface area contributed by atoms with Gasteiger partial charge in [0.2, 0.25) is 0 Å². The third-order valence-electron chi connectivity index (χ3n) is 1.32. The summed E-state index contributed by atoms with van der Waals surface area (Å²) in [5, 5.41) is 0.739. The summed E-state index contributed by atoms with van der Waals surface area (Å²) in [5.41, 5.74) is 1.06. The highest BCUT2D eigenvalue weighted by Gasteiger charge is 1.91. The second-order valence-corrected chi connectivity index (χ2v) is 2.68. The molecule has 3 heteroatoms. The van der Waals surface area contributed by atoms with Crippen LogP contribution < -0.4 is 5.56 Å². The lowest BCUT2D eigenvalue weighted by atomic mass is 10.3. The number of rotatable bonds is 1. The fourth-order valence-electron chi connectivity index (χ4n) is 0.673. The Morgan fingerprint density at radius 1 is 1.70 bits per heavy atom. The van der Waals surface area contributed by atoms with Crippen LogP contribution in [0.15, 0.2) is 23.1 Å². The van der Waals surface area contributed by atoms with Crippen LogP contribution in [0.3, 0.4) is 0 Å². The number of hydrogen-bond acceptors (Lipinski definition) is 1. The van der Waals surface area contributed by atoms with E-state index in [0.717, 1.165) is 10.9 Å². The van der Waals surface area contributed by atoms with Crippen molar-refractivity contribution in [2.45, 2.75) is 5.33 Å². The number of pyridine rings is 1. The van der Waals surface area contributed by atoms with Crippen LogP contribution in [0.5, 0.6) is 0 Å². The standard InChI is InChI=1S/C7H8BrNO/c1-9-3-2-6(5-8)4-7(9)10/h2-4H,5H2,1H3. The van der Waals surface area contributed by atoms with Crippen LogP contribution in [0.25, 0.3) is 0 Å². The van der Waals surface area contributed by atoms with E-state index < -0.39 is 0 Å². The lowest BCUT2D eigenvalue weighted by molar-refractivity contribution is 0.855. The van der Waals surface area contributed by atoms with Crippen LogP contribution in [0, 0.1) is 0 Å². The summed E-state index contributed by atoms with van der Waals surface area (Å²) in [6, 6.07) is 3.53. The van der Waals surface area contributed by atoms with Crippen LogP contribution in [0.1, 0.15) is 5.56 Å². The SMILES string of the molecule is Cn1ccc(CBr)cc1=O. The molecule has 0 N–H and O–H groups in total. The molecule has 1 aromatic rings. The van der Waals surface area contributed by atoms with Gasteiger partial charge in [0, 0.05) is 24.6 Å². The summed E-state index contributed by atoms with van der Waals surface area (Å²) in [6.45, 7) is 0. The molecule has 0 aliphatic carbocycles. The van der Waals surface area contributed by atoms with E-state index in [2.05, 4.69) is 15.9 Å². The van der Waals surface area contributed by atoms with E-state index in [1.54, 1.807) is 23.9 Å². The van der Waals surface area contributed by atoms with Gasteiger partial charge in [0.1, 0.15) is 0 Å². The van der Waals surface area contributed by atoms with Gasteiger partial charge >= 0.3 is 0 Å². The molecule has 0 aliphatic heterocycles. The molecule has 0 saturated carbocycles. The molecule has 0 unspecified atom stereocenters. The van der Waals surface area contributed by atoms with E-state index >= 15 is 0 Å². The second kappa shape index (κ2) is 3.01. The van der Waals surface area contributed by atoms with Crippen molar-refractivity contribution in [2.24, 2.45) is 7.05 Å². The van der Waals surface area contributed by atoms with E-state index in [0.29, 0.717) is 0 Å². The van der Waals surface area contributed by atoms with E-state index in [-0.39, 0.29) is 5.56 Å². The molecule has 0 radical (unpaired) electrons. The zero-order valence-electron chi connectivity index (χ0n) is 5.67. The number of alkyl halides is 1. The van der Waals surface area contributed by atoms with Crippen LogP contribution >= 0.6 is 15.9 Å². The molecule has 0 fully saturated rings. The van der Waals surface area contributed by atoms with Gasteiger partial charge < -0.3 is 4.57 Å². The topological polar surface area (TPSA) is 22.0 Å². The maximum absolute atomic E-state index is 10.9. The summed E-state index contributed by atoms with van der Waals surface area (Å²) < 4.78 is 1.55. The summed E-state index contributed by atoms with van der Waals surface area (Å²) in [5.74, 6) is 0. The van der Waals surface area contributed by atoms with Crippen molar-refractivity contribution in [2.75, 3.05) is 0 Å². The summed E-state index contributed by atoms with van der Waals surface area (Å²) in [6.07, 6.45) is 1.76. The first-order chi connectivity index (χ1) is 4.74. The Labute approximate surface area is 67.6 Å². The third-order valence-corrected chi connectivity index (χ3v) is 1.97.